The summed E-state index contributed by atoms with van der Waals surface area (Å²) in [6.07, 6.45) is 0.00195. The van der Waals surface area contributed by atoms with Gasteiger partial charge in [-0.3, -0.25) is 10.1 Å². The Morgan fingerprint density at radius 2 is 2.40 bits per heavy atom. The highest BCUT2D eigenvalue weighted by Crippen LogP contribution is 2.28. The molecule has 1 aromatic heterocycles. The molecule has 0 aliphatic carbocycles. The van der Waals surface area contributed by atoms with Crippen molar-refractivity contribution in [2.75, 3.05) is 11.9 Å². The molecule has 0 saturated heterocycles. The van der Waals surface area contributed by atoms with Crippen molar-refractivity contribution in [3.8, 4) is 11.8 Å². The number of H-pyrrole nitrogens is 1. The number of carbonyl (C=O) groups excluding carboxylic acids is 1. The highest BCUT2D eigenvalue weighted by atomic mass is 16.5. The smallest absolute Gasteiger partial charge is 0.337 e. The van der Waals surface area contributed by atoms with Crippen molar-refractivity contribution in [2.24, 2.45) is 0 Å². The lowest BCUT2D eigenvalue weighted by Gasteiger charge is -2.08. The summed E-state index contributed by atoms with van der Waals surface area (Å²) in [7, 11) is 0. The van der Waals surface area contributed by atoms with Gasteiger partial charge in [0.25, 0.3) is 5.91 Å². The van der Waals surface area contributed by atoms with Crippen molar-refractivity contribution in [2.45, 2.75) is 19.4 Å². The standard InChI is InChI=1S/C13H14N4O3/c1-2-19-13-15-12(16-17-13)14-11(18)10-7-8-5-3-4-6-9(8)20-10/h3-6,10H,2,7H2,1H3,(H2,14,15,16,17,18). The third kappa shape index (κ3) is 2.42. The summed E-state index contributed by atoms with van der Waals surface area (Å²) in [5.41, 5.74) is 1.03. The summed E-state index contributed by atoms with van der Waals surface area (Å²) in [5.74, 6) is 0.735. The SMILES string of the molecule is CCOc1n[nH]c(NC(=O)C2Cc3ccccc3O2)n1. The average Bonchev–Trinajstić information content (AvgIpc) is 3.05. The summed E-state index contributed by atoms with van der Waals surface area (Å²) in [6, 6.07) is 7.81. The molecule has 1 amide bonds. The number of para-hydroxylation sites is 1. The second kappa shape index (κ2) is 5.20. The Kier molecular flexibility index (Phi) is 3.24. The first kappa shape index (κ1) is 12.5. The summed E-state index contributed by atoms with van der Waals surface area (Å²) >= 11 is 0. The molecule has 0 fully saturated rings. The second-order valence-electron chi connectivity index (χ2n) is 4.31. The van der Waals surface area contributed by atoms with Gasteiger partial charge in [-0.05, 0) is 18.6 Å². The quantitative estimate of drug-likeness (QED) is 0.872. The van der Waals surface area contributed by atoms with Crippen molar-refractivity contribution >= 4 is 11.9 Å². The third-order valence-corrected chi connectivity index (χ3v) is 2.92. The number of carbonyl (C=O) groups is 1. The number of hydrogen-bond donors (Lipinski definition) is 2. The Morgan fingerprint density at radius 1 is 1.55 bits per heavy atom. The van der Waals surface area contributed by atoms with E-state index in [9.17, 15) is 4.79 Å². The first-order chi connectivity index (χ1) is 9.76. The molecule has 2 aromatic rings. The van der Waals surface area contributed by atoms with Crippen LogP contribution in [0.1, 0.15) is 12.5 Å². The second-order valence-corrected chi connectivity index (χ2v) is 4.31. The molecular formula is C13H14N4O3. The Balaban J connectivity index is 1.63. The molecule has 0 bridgehead atoms. The topological polar surface area (TPSA) is 89.1 Å². The van der Waals surface area contributed by atoms with Crippen molar-refractivity contribution in [3.05, 3.63) is 29.8 Å². The van der Waals surface area contributed by atoms with E-state index in [2.05, 4.69) is 20.5 Å². The molecule has 1 aliphatic rings. The average molecular weight is 274 g/mol. The van der Waals surface area contributed by atoms with Crippen LogP contribution in [0.2, 0.25) is 0 Å². The molecule has 1 aliphatic heterocycles. The Morgan fingerprint density at radius 3 is 3.20 bits per heavy atom. The number of fused-ring (bicyclic) bond motifs is 1. The normalized spacial score (nSPS) is 16.4. The van der Waals surface area contributed by atoms with Gasteiger partial charge in [0.1, 0.15) is 5.75 Å². The van der Waals surface area contributed by atoms with E-state index < -0.39 is 6.10 Å². The van der Waals surface area contributed by atoms with Crippen LogP contribution in [0.5, 0.6) is 11.8 Å². The Labute approximate surface area is 115 Å². The predicted molar refractivity (Wildman–Crippen MR) is 70.7 cm³/mol. The van der Waals surface area contributed by atoms with Crippen LogP contribution in [0.4, 0.5) is 5.95 Å². The summed E-state index contributed by atoms with van der Waals surface area (Å²) in [6.45, 7) is 2.30. The monoisotopic (exact) mass is 274 g/mol. The first-order valence-corrected chi connectivity index (χ1v) is 6.37. The van der Waals surface area contributed by atoms with Gasteiger partial charge in [-0.25, -0.2) is 5.10 Å². The molecule has 1 atom stereocenters. The van der Waals surface area contributed by atoms with Gasteiger partial charge in [0, 0.05) is 6.42 Å². The highest BCUT2D eigenvalue weighted by molar-refractivity contribution is 5.93. The molecule has 7 heteroatoms. The summed E-state index contributed by atoms with van der Waals surface area (Å²) in [5, 5.41) is 9.03. The highest BCUT2D eigenvalue weighted by Gasteiger charge is 2.29. The number of benzene rings is 1. The fourth-order valence-corrected chi connectivity index (χ4v) is 2.02. The van der Waals surface area contributed by atoms with E-state index in [4.69, 9.17) is 9.47 Å². The number of aromatic nitrogens is 3. The maximum atomic E-state index is 12.1. The van der Waals surface area contributed by atoms with E-state index in [-0.39, 0.29) is 17.9 Å². The molecule has 2 heterocycles. The lowest BCUT2D eigenvalue weighted by Crippen LogP contribution is -2.31. The maximum absolute atomic E-state index is 12.1. The van der Waals surface area contributed by atoms with Gasteiger partial charge in [0.15, 0.2) is 6.10 Å². The zero-order valence-corrected chi connectivity index (χ0v) is 10.9. The van der Waals surface area contributed by atoms with Crippen LogP contribution in [0.15, 0.2) is 24.3 Å². The van der Waals surface area contributed by atoms with E-state index in [0.717, 1.165) is 11.3 Å². The number of hydrogen-bond acceptors (Lipinski definition) is 5. The lowest BCUT2D eigenvalue weighted by molar-refractivity contribution is -0.122. The number of aromatic amines is 1. The van der Waals surface area contributed by atoms with Crippen LogP contribution in [-0.2, 0) is 11.2 Å². The van der Waals surface area contributed by atoms with Crippen LogP contribution < -0.4 is 14.8 Å². The van der Waals surface area contributed by atoms with E-state index in [1.165, 1.54) is 0 Å². The van der Waals surface area contributed by atoms with Crippen LogP contribution in [0, 0.1) is 0 Å². The van der Waals surface area contributed by atoms with Gasteiger partial charge in [-0.1, -0.05) is 18.2 Å². The van der Waals surface area contributed by atoms with Gasteiger partial charge in [-0.2, -0.15) is 4.98 Å². The van der Waals surface area contributed by atoms with Gasteiger partial charge < -0.3 is 9.47 Å². The Bertz CT molecular complexity index is 601. The molecule has 0 saturated carbocycles. The largest absolute Gasteiger partial charge is 0.480 e. The number of rotatable bonds is 4. The van der Waals surface area contributed by atoms with Crippen molar-refractivity contribution in [1.82, 2.24) is 15.2 Å². The van der Waals surface area contributed by atoms with Crippen LogP contribution in [0.25, 0.3) is 0 Å². The number of nitrogens with zero attached hydrogens (tertiary/aromatic N) is 2. The first-order valence-electron chi connectivity index (χ1n) is 6.37. The minimum atomic E-state index is -0.548. The molecular weight excluding hydrogens is 260 g/mol. The van der Waals surface area contributed by atoms with Crippen molar-refractivity contribution < 1.29 is 14.3 Å². The fraction of sp³-hybridized carbons (Fsp3) is 0.308. The van der Waals surface area contributed by atoms with Crippen LogP contribution >= 0.6 is 0 Å². The number of anilines is 1. The van der Waals surface area contributed by atoms with Crippen LogP contribution in [-0.4, -0.2) is 33.8 Å². The van der Waals surface area contributed by atoms with Crippen molar-refractivity contribution in [3.63, 3.8) is 0 Å². The molecule has 0 spiro atoms. The Hall–Kier alpha value is -2.57. The number of ether oxygens (including phenoxy) is 2. The molecule has 1 aromatic carbocycles. The molecule has 3 rings (SSSR count). The van der Waals surface area contributed by atoms with E-state index >= 15 is 0 Å². The molecule has 1 unspecified atom stereocenters. The van der Waals surface area contributed by atoms with Crippen molar-refractivity contribution in [1.29, 1.82) is 0 Å². The third-order valence-electron chi connectivity index (χ3n) is 2.92. The lowest BCUT2D eigenvalue weighted by atomic mass is 10.1. The van der Waals surface area contributed by atoms with E-state index in [1.807, 2.05) is 31.2 Å². The summed E-state index contributed by atoms with van der Waals surface area (Å²) < 4.78 is 10.7. The molecule has 7 nitrogen and oxygen atoms in total. The molecule has 0 radical (unpaired) electrons. The fourth-order valence-electron chi connectivity index (χ4n) is 2.02. The number of nitrogens with one attached hydrogen (secondary N) is 2. The molecule has 104 valence electrons. The maximum Gasteiger partial charge on any atom is 0.337 e. The zero-order valence-electron chi connectivity index (χ0n) is 10.9. The van der Waals surface area contributed by atoms with Gasteiger partial charge in [0.2, 0.25) is 5.95 Å². The van der Waals surface area contributed by atoms with E-state index in [0.29, 0.717) is 13.0 Å². The minimum Gasteiger partial charge on any atom is -0.480 e. The zero-order chi connectivity index (χ0) is 13.9. The van der Waals surface area contributed by atoms with Crippen LogP contribution in [0.3, 0.4) is 0 Å². The molecule has 20 heavy (non-hydrogen) atoms. The molecule has 2 N–H and O–H groups in total. The van der Waals surface area contributed by atoms with Gasteiger partial charge in [-0.15, -0.1) is 5.10 Å². The summed E-state index contributed by atoms with van der Waals surface area (Å²) in [4.78, 5) is 16.1. The van der Waals surface area contributed by atoms with E-state index in [1.54, 1.807) is 0 Å². The number of amides is 1. The van der Waals surface area contributed by atoms with Gasteiger partial charge >= 0.3 is 6.01 Å². The predicted octanol–water partition coefficient (Wildman–Crippen LogP) is 1.15. The van der Waals surface area contributed by atoms with Gasteiger partial charge in [0.05, 0.1) is 6.61 Å². The minimum absolute atomic E-state index is 0.207.